The lowest BCUT2D eigenvalue weighted by atomic mass is 10.2. The number of hydrogen-bond acceptors (Lipinski definition) is 4. The van der Waals surface area contributed by atoms with E-state index in [1.54, 1.807) is 36.6 Å². The average Bonchev–Trinajstić information content (AvgIpc) is 3.06. The van der Waals surface area contributed by atoms with Crippen molar-refractivity contribution in [2.45, 2.75) is 6.54 Å². The summed E-state index contributed by atoms with van der Waals surface area (Å²) in [5.41, 5.74) is 0.371. The summed E-state index contributed by atoms with van der Waals surface area (Å²) in [4.78, 5) is 14.2. The third-order valence-corrected chi connectivity index (χ3v) is 4.34. The van der Waals surface area contributed by atoms with Crippen molar-refractivity contribution in [3.63, 3.8) is 0 Å². The number of halogens is 1. The van der Waals surface area contributed by atoms with Crippen LogP contribution in [0.2, 0.25) is 0 Å². The van der Waals surface area contributed by atoms with Crippen molar-refractivity contribution < 1.29 is 13.6 Å². The SMILES string of the molecule is O=C1C(=Cc2ccccc2F)SC(=S)N1Cc1ccco1. The molecule has 0 unspecified atom stereocenters. The molecule has 3 nitrogen and oxygen atoms in total. The lowest BCUT2D eigenvalue weighted by molar-refractivity contribution is -0.122. The maximum atomic E-state index is 13.6. The zero-order valence-electron chi connectivity index (χ0n) is 10.8. The van der Waals surface area contributed by atoms with Crippen LogP contribution >= 0.6 is 24.0 Å². The molecule has 1 aromatic heterocycles. The summed E-state index contributed by atoms with van der Waals surface area (Å²) in [6.07, 6.45) is 3.07. The molecule has 1 fully saturated rings. The molecule has 2 heterocycles. The number of furan rings is 1. The van der Waals surface area contributed by atoms with E-state index in [0.29, 0.717) is 20.5 Å². The minimum atomic E-state index is -0.367. The summed E-state index contributed by atoms with van der Waals surface area (Å²) in [7, 11) is 0. The molecule has 0 aliphatic carbocycles. The summed E-state index contributed by atoms with van der Waals surface area (Å²) in [5, 5.41) is 0. The summed E-state index contributed by atoms with van der Waals surface area (Å²) < 4.78 is 19.3. The van der Waals surface area contributed by atoms with Crippen molar-refractivity contribution in [1.82, 2.24) is 4.90 Å². The number of rotatable bonds is 3. The van der Waals surface area contributed by atoms with Crippen molar-refractivity contribution in [3.05, 3.63) is 64.7 Å². The van der Waals surface area contributed by atoms with Gasteiger partial charge in [0.25, 0.3) is 5.91 Å². The highest BCUT2D eigenvalue weighted by Crippen LogP contribution is 2.33. The highest BCUT2D eigenvalue weighted by molar-refractivity contribution is 8.26. The summed E-state index contributed by atoms with van der Waals surface area (Å²) in [6.45, 7) is 0.284. The number of thiocarbonyl (C=S) groups is 1. The number of thioether (sulfide) groups is 1. The number of hydrogen-bond donors (Lipinski definition) is 0. The molecule has 0 spiro atoms. The van der Waals surface area contributed by atoms with Gasteiger partial charge in [-0.25, -0.2) is 4.39 Å². The Morgan fingerprint density at radius 3 is 2.81 bits per heavy atom. The summed E-state index contributed by atoms with van der Waals surface area (Å²) in [6, 6.07) is 9.83. The van der Waals surface area contributed by atoms with Crippen LogP contribution in [0.4, 0.5) is 4.39 Å². The van der Waals surface area contributed by atoms with Gasteiger partial charge in [-0.15, -0.1) is 0 Å². The molecule has 0 bridgehead atoms. The molecule has 3 rings (SSSR count). The van der Waals surface area contributed by atoms with Crippen LogP contribution in [0.5, 0.6) is 0 Å². The maximum Gasteiger partial charge on any atom is 0.266 e. The fourth-order valence-corrected chi connectivity index (χ4v) is 3.17. The van der Waals surface area contributed by atoms with Crippen molar-refractivity contribution in [1.29, 1.82) is 0 Å². The first kappa shape index (κ1) is 14.0. The van der Waals surface area contributed by atoms with Crippen LogP contribution in [0.3, 0.4) is 0 Å². The molecule has 106 valence electrons. The molecule has 1 aliphatic heterocycles. The minimum Gasteiger partial charge on any atom is -0.467 e. The van der Waals surface area contributed by atoms with Gasteiger partial charge in [0.15, 0.2) is 0 Å². The molecular formula is C15H10FNO2S2. The van der Waals surface area contributed by atoms with E-state index in [4.69, 9.17) is 16.6 Å². The predicted octanol–water partition coefficient (Wildman–Crippen LogP) is 3.82. The number of carbonyl (C=O) groups excluding carboxylic acids is 1. The van der Waals surface area contributed by atoms with Crippen molar-refractivity contribution >= 4 is 40.3 Å². The zero-order valence-corrected chi connectivity index (χ0v) is 12.4. The van der Waals surface area contributed by atoms with Gasteiger partial charge < -0.3 is 4.42 Å². The topological polar surface area (TPSA) is 33.5 Å². The first-order valence-electron chi connectivity index (χ1n) is 6.17. The van der Waals surface area contributed by atoms with Gasteiger partial charge in [-0.1, -0.05) is 42.2 Å². The highest BCUT2D eigenvalue weighted by Gasteiger charge is 2.32. The molecule has 21 heavy (non-hydrogen) atoms. The van der Waals surface area contributed by atoms with Crippen LogP contribution < -0.4 is 0 Å². The molecule has 0 saturated carbocycles. The molecule has 6 heteroatoms. The van der Waals surface area contributed by atoms with Crippen LogP contribution in [-0.4, -0.2) is 15.1 Å². The molecule has 0 radical (unpaired) electrons. The second-order valence-electron chi connectivity index (χ2n) is 4.37. The molecule has 1 aliphatic rings. The third-order valence-electron chi connectivity index (χ3n) is 2.96. The standard InChI is InChI=1S/C15H10FNO2S2/c16-12-6-2-1-4-10(12)8-13-14(18)17(15(20)21-13)9-11-5-3-7-19-11/h1-8H,9H2. The lowest BCUT2D eigenvalue weighted by Crippen LogP contribution is -2.27. The van der Waals surface area contributed by atoms with Crippen molar-refractivity contribution in [3.8, 4) is 0 Å². The molecule has 0 atom stereocenters. The van der Waals surface area contributed by atoms with E-state index in [0.717, 1.165) is 0 Å². The van der Waals surface area contributed by atoms with Crippen LogP contribution in [0.1, 0.15) is 11.3 Å². The third kappa shape index (κ3) is 2.91. The van der Waals surface area contributed by atoms with Gasteiger partial charge in [-0.05, 0) is 24.3 Å². The first-order valence-corrected chi connectivity index (χ1v) is 7.40. The molecule has 1 saturated heterocycles. The number of nitrogens with zero attached hydrogens (tertiary/aromatic N) is 1. The number of benzene rings is 1. The lowest BCUT2D eigenvalue weighted by Gasteiger charge is -2.11. The van der Waals surface area contributed by atoms with Crippen LogP contribution in [-0.2, 0) is 11.3 Å². The highest BCUT2D eigenvalue weighted by atomic mass is 32.2. The van der Waals surface area contributed by atoms with Gasteiger partial charge >= 0.3 is 0 Å². The second kappa shape index (κ2) is 5.83. The zero-order chi connectivity index (χ0) is 14.8. The Balaban J connectivity index is 1.85. The van der Waals surface area contributed by atoms with Crippen LogP contribution in [0, 0.1) is 5.82 Å². The minimum absolute atomic E-state index is 0.232. The quantitative estimate of drug-likeness (QED) is 0.636. The number of amides is 1. The summed E-state index contributed by atoms with van der Waals surface area (Å²) in [5.74, 6) is 0.0527. The Kier molecular flexibility index (Phi) is 3.90. The predicted molar refractivity (Wildman–Crippen MR) is 83.8 cm³/mol. The second-order valence-corrected chi connectivity index (χ2v) is 6.04. The molecule has 1 aromatic carbocycles. The first-order chi connectivity index (χ1) is 10.1. The van der Waals surface area contributed by atoms with E-state index in [1.165, 1.54) is 28.8 Å². The number of carbonyl (C=O) groups is 1. The maximum absolute atomic E-state index is 13.6. The smallest absolute Gasteiger partial charge is 0.266 e. The van der Waals surface area contributed by atoms with Crippen molar-refractivity contribution in [2.75, 3.05) is 0 Å². The Morgan fingerprint density at radius 2 is 2.10 bits per heavy atom. The Morgan fingerprint density at radius 1 is 1.29 bits per heavy atom. The molecule has 2 aromatic rings. The van der Waals surface area contributed by atoms with Gasteiger partial charge in [-0.2, -0.15) is 0 Å². The van der Waals surface area contributed by atoms with E-state index in [9.17, 15) is 9.18 Å². The van der Waals surface area contributed by atoms with Crippen LogP contribution in [0.15, 0.2) is 52.0 Å². The Labute approximate surface area is 130 Å². The summed E-state index contributed by atoms with van der Waals surface area (Å²) >= 11 is 6.38. The Hall–Kier alpha value is -1.92. The van der Waals surface area contributed by atoms with E-state index >= 15 is 0 Å². The van der Waals surface area contributed by atoms with E-state index < -0.39 is 0 Å². The van der Waals surface area contributed by atoms with Crippen LogP contribution in [0.25, 0.3) is 6.08 Å². The molecule has 1 amide bonds. The Bertz CT molecular complexity index is 725. The van der Waals surface area contributed by atoms with Gasteiger partial charge in [0, 0.05) is 5.56 Å². The fourth-order valence-electron chi connectivity index (χ4n) is 1.93. The van der Waals surface area contributed by atoms with Gasteiger partial charge in [0.05, 0.1) is 17.7 Å². The largest absolute Gasteiger partial charge is 0.467 e. The fraction of sp³-hybridized carbons (Fsp3) is 0.0667. The van der Waals surface area contributed by atoms with Gasteiger partial charge in [-0.3, -0.25) is 9.69 Å². The van der Waals surface area contributed by atoms with E-state index in [-0.39, 0.29) is 18.3 Å². The normalized spacial score (nSPS) is 17.0. The van der Waals surface area contributed by atoms with Crippen molar-refractivity contribution in [2.24, 2.45) is 0 Å². The molecule has 0 N–H and O–H groups in total. The molecular weight excluding hydrogens is 309 g/mol. The van der Waals surface area contributed by atoms with E-state index in [1.807, 2.05) is 0 Å². The van der Waals surface area contributed by atoms with Gasteiger partial charge in [0.2, 0.25) is 0 Å². The average molecular weight is 319 g/mol. The van der Waals surface area contributed by atoms with Gasteiger partial charge in [0.1, 0.15) is 15.9 Å². The monoisotopic (exact) mass is 319 g/mol. The van der Waals surface area contributed by atoms with E-state index in [2.05, 4.69) is 0 Å².